The number of rotatable bonds is 4. The molecule has 1 aromatic heterocycles. The van der Waals surface area contributed by atoms with Crippen LogP contribution in [0.15, 0.2) is 47.5 Å². The number of aromatic nitrogens is 1. The lowest BCUT2D eigenvalue weighted by Crippen LogP contribution is -2.28. The van der Waals surface area contributed by atoms with Crippen molar-refractivity contribution < 1.29 is 13.2 Å². The number of amides is 2. The molecule has 22 heavy (non-hydrogen) atoms. The van der Waals surface area contributed by atoms with Gasteiger partial charge in [-0.15, -0.1) is 0 Å². The molecule has 0 radical (unpaired) electrons. The van der Waals surface area contributed by atoms with Gasteiger partial charge in [0, 0.05) is 34.8 Å². The molecule has 0 saturated heterocycles. The summed E-state index contributed by atoms with van der Waals surface area (Å²) in [5.41, 5.74) is 2.27. The molecular formula is C14H14ClN3O3S. The highest BCUT2D eigenvalue weighted by Gasteiger charge is 2.09. The van der Waals surface area contributed by atoms with Crippen molar-refractivity contribution in [2.45, 2.75) is 18.4 Å². The van der Waals surface area contributed by atoms with Gasteiger partial charge in [0.05, 0.1) is 4.90 Å². The number of pyridine rings is 1. The zero-order valence-corrected chi connectivity index (χ0v) is 13.3. The smallest absolute Gasteiger partial charge is 0.319 e. The maximum absolute atomic E-state index is 11.8. The maximum Gasteiger partial charge on any atom is 0.319 e. The van der Waals surface area contributed by atoms with Gasteiger partial charge < -0.3 is 10.6 Å². The van der Waals surface area contributed by atoms with E-state index >= 15 is 0 Å². The molecule has 0 aliphatic heterocycles. The summed E-state index contributed by atoms with van der Waals surface area (Å²) in [6.07, 6.45) is 1.68. The van der Waals surface area contributed by atoms with Crippen LogP contribution in [0.2, 0.25) is 0 Å². The van der Waals surface area contributed by atoms with Crippen LogP contribution < -0.4 is 10.6 Å². The lowest BCUT2D eigenvalue weighted by molar-refractivity contribution is 0.251. The van der Waals surface area contributed by atoms with E-state index in [2.05, 4.69) is 15.6 Å². The molecule has 2 amide bonds. The molecule has 2 rings (SSSR count). The van der Waals surface area contributed by atoms with E-state index in [9.17, 15) is 13.2 Å². The second kappa shape index (κ2) is 6.76. The fraction of sp³-hybridized carbons (Fsp3) is 0.143. The molecule has 2 aromatic rings. The third-order valence-corrected chi connectivity index (χ3v) is 4.18. The van der Waals surface area contributed by atoms with Gasteiger partial charge in [0.1, 0.15) is 0 Å². The molecule has 8 heteroatoms. The summed E-state index contributed by atoms with van der Waals surface area (Å²) < 4.78 is 22.2. The largest absolute Gasteiger partial charge is 0.334 e. The third-order valence-electron chi connectivity index (χ3n) is 2.81. The predicted octanol–water partition coefficient (Wildman–Crippen LogP) is 2.64. The van der Waals surface area contributed by atoms with Crippen LogP contribution in [0.25, 0.3) is 0 Å². The van der Waals surface area contributed by atoms with Crippen LogP contribution in [-0.2, 0) is 15.6 Å². The van der Waals surface area contributed by atoms with Gasteiger partial charge >= 0.3 is 6.03 Å². The van der Waals surface area contributed by atoms with Crippen LogP contribution in [0.5, 0.6) is 0 Å². The van der Waals surface area contributed by atoms with Crippen LogP contribution in [-0.4, -0.2) is 19.4 Å². The highest BCUT2D eigenvalue weighted by molar-refractivity contribution is 8.13. The Bertz CT molecular complexity index is 776. The Morgan fingerprint density at radius 2 is 1.91 bits per heavy atom. The Morgan fingerprint density at radius 1 is 1.23 bits per heavy atom. The molecule has 0 fully saturated rings. The van der Waals surface area contributed by atoms with E-state index < -0.39 is 15.1 Å². The second-order valence-electron chi connectivity index (χ2n) is 4.58. The van der Waals surface area contributed by atoms with E-state index in [1.807, 2.05) is 19.1 Å². The van der Waals surface area contributed by atoms with E-state index in [1.165, 1.54) is 24.3 Å². The number of urea groups is 1. The molecule has 1 aromatic carbocycles. The first-order chi connectivity index (χ1) is 10.3. The molecule has 6 nitrogen and oxygen atoms in total. The first kappa shape index (κ1) is 16.3. The Hall–Kier alpha value is -2.12. The fourth-order valence-corrected chi connectivity index (χ4v) is 2.54. The van der Waals surface area contributed by atoms with Crippen molar-refractivity contribution in [3.63, 3.8) is 0 Å². The molecule has 0 unspecified atom stereocenters. The summed E-state index contributed by atoms with van der Waals surface area (Å²) in [7, 11) is 1.45. The Morgan fingerprint density at radius 3 is 2.50 bits per heavy atom. The Kier molecular flexibility index (Phi) is 4.99. The van der Waals surface area contributed by atoms with Crippen LogP contribution in [0.3, 0.4) is 0 Å². The summed E-state index contributed by atoms with van der Waals surface area (Å²) in [4.78, 5) is 15.8. The monoisotopic (exact) mass is 339 g/mol. The van der Waals surface area contributed by atoms with Crippen LogP contribution in [0.1, 0.15) is 11.3 Å². The first-order valence-electron chi connectivity index (χ1n) is 6.36. The van der Waals surface area contributed by atoms with Crippen molar-refractivity contribution in [3.05, 3.63) is 53.9 Å². The van der Waals surface area contributed by atoms with E-state index in [-0.39, 0.29) is 4.90 Å². The number of hydrogen-bond acceptors (Lipinski definition) is 4. The molecule has 2 N–H and O–H groups in total. The average Bonchev–Trinajstić information content (AvgIpc) is 2.45. The Balaban J connectivity index is 1.92. The number of halogens is 1. The topological polar surface area (TPSA) is 88.2 Å². The average molecular weight is 340 g/mol. The van der Waals surface area contributed by atoms with Crippen molar-refractivity contribution in [1.29, 1.82) is 0 Å². The number of nitrogens with zero attached hydrogens (tertiary/aromatic N) is 1. The zero-order chi connectivity index (χ0) is 16.2. The van der Waals surface area contributed by atoms with E-state index in [1.54, 1.807) is 6.20 Å². The second-order valence-corrected chi connectivity index (χ2v) is 7.14. The van der Waals surface area contributed by atoms with Crippen molar-refractivity contribution in [3.8, 4) is 0 Å². The molecular weight excluding hydrogens is 326 g/mol. The molecule has 0 saturated carbocycles. The zero-order valence-electron chi connectivity index (χ0n) is 11.7. The lowest BCUT2D eigenvalue weighted by atomic mass is 10.2. The van der Waals surface area contributed by atoms with Crippen molar-refractivity contribution in [1.82, 2.24) is 10.3 Å². The molecule has 116 valence electrons. The Labute approximate surface area is 132 Å². The summed E-state index contributed by atoms with van der Waals surface area (Å²) in [5, 5.41) is 5.30. The normalized spacial score (nSPS) is 11.0. The summed E-state index contributed by atoms with van der Waals surface area (Å²) in [5.74, 6) is 0. The molecule has 1 heterocycles. The van der Waals surface area contributed by atoms with Gasteiger partial charge in [-0.25, -0.2) is 13.2 Å². The van der Waals surface area contributed by atoms with Crippen molar-refractivity contribution >= 4 is 31.5 Å². The quantitative estimate of drug-likeness (QED) is 0.838. The molecule has 0 bridgehead atoms. The number of benzene rings is 1. The minimum Gasteiger partial charge on any atom is -0.334 e. The van der Waals surface area contributed by atoms with Crippen molar-refractivity contribution in [2.24, 2.45) is 0 Å². The fourth-order valence-electron chi connectivity index (χ4n) is 1.77. The number of carbonyl (C=O) groups is 1. The standard InChI is InChI=1S/C14H14ClN3O3S/c1-10-8-11(6-7-16-10)9-17-14(19)18-12-2-4-13(5-3-12)22(15,20)21/h2-8H,9H2,1H3,(H2,17,18,19). The van der Waals surface area contributed by atoms with Gasteiger partial charge in [-0.1, -0.05) is 0 Å². The number of nitrogens with one attached hydrogen (secondary N) is 2. The molecule has 0 atom stereocenters. The van der Waals surface area contributed by atoms with E-state index in [0.717, 1.165) is 11.3 Å². The number of aryl methyl sites for hydroxylation is 1. The van der Waals surface area contributed by atoms with Crippen LogP contribution >= 0.6 is 10.7 Å². The van der Waals surface area contributed by atoms with Gasteiger partial charge in [-0.2, -0.15) is 0 Å². The molecule has 0 aliphatic rings. The van der Waals surface area contributed by atoms with Gasteiger partial charge in [0.25, 0.3) is 9.05 Å². The molecule has 0 spiro atoms. The summed E-state index contributed by atoms with van der Waals surface area (Å²) in [6, 6.07) is 8.87. The minimum atomic E-state index is -3.76. The SMILES string of the molecule is Cc1cc(CNC(=O)Nc2ccc(S(=O)(=O)Cl)cc2)ccn1. The highest BCUT2D eigenvalue weighted by atomic mass is 35.7. The van der Waals surface area contributed by atoms with Crippen molar-refractivity contribution in [2.75, 3.05) is 5.32 Å². The summed E-state index contributed by atoms with van der Waals surface area (Å²) in [6.45, 7) is 2.24. The lowest BCUT2D eigenvalue weighted by Gasteiger charge is -2.08. The van der Waals surface area contributed by atoms with Gasteiger partial charge in [0.2, 0.25) is 0 Å². The van der Waals surface area contributed by atoms with E-state index in [4.69, 9.17) is 10.7 Å². The molecule has 0 aliphatic carbocycles. The minimum absolute atomic E-state index is 0.0209. The van der Waals surface area contributed by atoms with Crippen LogP contribution in [0.4, 0.5) is 10.5 Å². The third kappa shape index (κ3) is 4.71. The number of hydrogen-bond donors (Lipinski definition) is 2. The predicted molar refractivity (Wildman–Crippen MR) is 84.3 cm³/mol. The van der Waals surface area contributed by atoms with Crippen LogP contribution in [0, 0.1) is 6.92 Å². The summed E-state index contributed by atoms with van der Waals surface area (Å²) >= 11 is 0. The number of anilines is 1. The number of carbonyl (C=O) groups excluding carboxylic acids is 1. The van der Waals surface area contributed by atoms with Gasteiger partial charge in [-0.05, 0) is 48.9 Å². The van der Waals surface area contributed by atoms with Gasteiger partial charge in [-0.3, -0.25) is 4.98 Å². The van der Waals surface area contributed by atoms with E-state index in [0.29, 0.717) is 12.2 Å². The maximum atomic E-state index is 11.8. The van der Waals surface area contributed by atoms with Gasteiger partial charge in [0.15, 0.2) is 0 Å². The highest BCUT2D eigenvalue weighted by Crippen LogP contribution is 2.17. The first-order valence-corrected chi connectivity index (χ1v) is 8.66.